The maximum absolute atomic E-state index is 13.1. The third kappa shape index (κ3) is 4.18. The highest BCUT2D eigenvalue weighted by molar-refractivity contribution is 7.80. The third-order valence-corrected chi connectivity index (χ3v) is 5.10. The van der Waals surface area contributed by atoms with E-state index in [4.69, 9.17) is 40.2 Å². The van der Waals surface area contributed by atoms with E-state index in [1.54, 1.807) is 38.3 Å². The molecule has 140 valence electrons. The normalized spacial score (nSPS) is 16.4. The Labute approximate surface area is 172 Å². The maximum atomic E-state index is 13.1. The van der Waals surface area contributed by atoms with Crippen molar-refractivity contribution < 1.29 is 9.53 Å². The summed E-state index contributed by atoms with van der Waals surface area (Å²) in [5, 5.41) is 10.3. The molecule has 0 radical (unpaired) electrons. The number of benzene rings is 2. The number of methoxy groups -OCH3 is 1. The van der Waals surface area contributed by atoms with Crippen molar-refractivity contribution in [2.45, 2.75) is 13.0 Å². The Morgan fingerprint density at radius 1 is 1.19 bits per heavy atom. The van der Waals surface area contributed by atoms with E-state index in [1.807, 2.05) is 18.2 Å². The molecule has 1 atom stereocenters. The molecular weight excluding hydrogens is 405 g/mol. The summed E-state index contributed by atoms with van der Waals surface area (Å²) >= 11 is 17.4. The van der Waals surface area contributed by atoms with Crippen LogP contribution in [0, 0.1) is 0 Å². The number of amides is 1. The first-order chi connectivity index (χ1) is 12.9. The largest absolute Gasteiger partial charge is 0.495 e. The Morgan fingerprint density at radius 3 is 2.63 bits per heavy atom. The van der Waals surface area contributed by atoms with Gasteiger partial charge in [-0.25, -0.2) is 0 Å². The van der Waals surface area contributed by atoms with E-state index in [2.05, 4.69) is 16.0 Å². The first-order valence-corrected chi connectivity index (χ1v) is 9.24. The van der Waals surface area contributed by atoms with Gasteiger partial charge in [-0.05, 0) is 49.0 Å². The number of allylic oxidation sites excluding steroid dienone is 1. The molecule has 0 saturated heterocycles. The second kappa shape index (κ2) is 8.17. The second-order valence-corrected chi connectivity index (χ2v) is 7.12. The summed E-state index contributed by atoms with van der Waals surface area (Å²) in [7, 11) is 1.55. The van der Waals surface area contributed by atoms with Gasteiger partial charge < -0.3 is 20.7 Å². The number of halogens is 2. The van der Waals surface area contributed by atoms with E-state index in [1.165, 1.54) is 0 Å². The predicted molar refractivity (Wildman–Crippen MR) is 112 cm³/mol. The molecule has 1 aliphatic rings. The van der Waals surface area contributed by atoms with Gasteiger partial charge in [-0.1, -0.05) is 41.4 Å². The van der Waals surface area contributed by atoms with Crippen molar-refractivity contribution in [3.8, 4) is 5.75 Å². The van der Waals surface area contributed by atoms with Crippen molar-refractivity contribution in [1.82, 2.24) is 10.6 Å². The zero-order valence-corrected chi connectivity index (χ0v) is 16.9. The van der Waals surface area contributed by atoms with E-state index in [0.29, 0.717) is 37.9 Å². The number of rotatable bonds is 4. The fourth-order valence-corrected chi connectivity index (χ4v) is 3.45. The standard InChI is InChI=1S/C19H17Cl2N3O2S/c1-10-16(18(25)23-14-5-3-4-6-15(14)26-2)17(24-19(27)22-10)11-7-8-12(20)13(21)9-11/h3-9,17H,1-2H3,(H,23,25)(H2,22,24,27). The summed E-state index contributed by atoms with van der Waals surface area (Å²) in [6.07, 6.45) is 0. The number of carbonyl (C=O) groups excluding carboxylic acids is 1. The molecule has 2 aromatic rings. The molecule has 27 heavy (non-hydrogen) atoms. The van der Waals surface area contributed by atoms with Crippen LogP contribution in [0.1, 0.15) is 18.5 Å². The van der Waals surface area contributed by atoms with Crippen LogP contribution < -0.4 is 20.7 Å². The molecule has 1 unspecified atom stereocenters. The molecule has 5 nitrogen and oxygen atoms in total. The number of thiocarbonyl (C=S) groups is 1. The predicted octanol–water partition coefficient (Wildman–Crippen LogP) is 4.43. The number of hydrogen-bond donors (Lipinski definition) is 3. The van der Waals surface area contributed by atoms with Crippen molar-refractivity contribution in [3.63, 3.8) is 0 Å². The van der Waals surface area contributed by atoms with Crippen LogP contribution in [0.2, 0.25) is 10.0 Å². The lowest BCUT2D eigenvalue weighted by Crippen LogP contribution is -2.45. The fraction of sp³-hybridized carbons (Fsp3) is 0.158. The lowest BCUT2D eigenvalue weighted by atomic mass is 9.95. The zero-order valence-electron chi connectivity index (χ0n) is 14.6. The van der Waals surface area contributed by atoms with Crippen LogP contribution in [0.4, 0.5) is 5.69 Å². The van der Waals surface area contributed by atoms with Gasteiger partial charge in [-0.15, -0.1) is 0 Å². The van der Waals surface area contributed by atoms with E-state index >= 15 is 0 Å². The van der Waals surface area contributed by atoms with Gasteiger partial charge in [0.2, 0.25) is 0 Å². The molecule has 0 bridgehead atoms. The van der Waals surface area contributed by atoms with Gasteiger partial charge in [0.15, 0.2) is 5.11 Å². The lowest BCUT2D eigenvalue weighted by Gasteiger charge is -2.30. The van der Waals surface area contributed by atoms with Gasteiger partial charge in [0.05, 0.1) is 34.5 Å². The molecule has 1 amide bonds. The van der Waals surface area contributed by atoms with Gasteiger partial charge in [0.25, 0.3) is 5.91 Å². The van der Waals surface area contributed by atoms with Gasteiger partial charge in [-0.2, -0.15) is 0 Å². The van der Waals surface area contributed by atoms with Crippen molar-refractivity contribution in [2.24, 2.45) is 0 Å². The van der Waals surface area contributed by atoms with E-state index in [-0.39, 0.29) is 5.91 Å². The van der Waals surface area contributed by atoms with Crippen LogP contribution >= 0.6 is 35.4 Å². The Bertz CT molecular complexity index is 946. The first-order valence-electron chi connectivity index (χ1n) is 8.08. The van der Waals surface area contributed by atoms with Crippen molar-refractivity contribution in [1.29, 1.82) is 0 Å². The fourth-order valence-electron chi connectivity index (χ4n) is 2.87. The Hall–Kier alpha value is -2.28. The number of nitrogens with one attached hydrogen (secondary N) is 3. The second-order valence-electron chi connectivity index (χ2n) is 5.90. The summed E-state index contributed by atoms with van der Waals surface area (Å²) in [5.74, 6) is 0.290. The monoisotopic (exact) mass is 421 g/mol. The molecule has 1 aliphatic heterocycles. The Balaban J connectivity index is 1.98. The number of hydrogen-bond acceptors (Lipinski definition) is 3. The average Bonchev–Trinajstić information content (AvgIpc) is 2.63. The van der Waals surface area contributed by atoms with E-state index < -0.39 is 6.04 Å². The third-order valence-electron chi connectivity index (χ3n) is 4.15. The van der Waals surface area contributed by atoms with Crippen LogP contribution in [0.15, 0.2) is 53.7 Å². The van der Waals surface area contributed by atoms with E-state index in [0.717, 1.165) is 5.56 Å². The molecular formula is C19H17Cl2N3O2S. The smallest absolute Gasteiger partial charge is 0.255 e. The summed E-state index contributed by atoms with van der Waals surface area (Å²) in [5.41, 5.74) is 2.50. The molecule has 8 heteroatoms. The molecule has 3 rings (SSSR count). The topological polar surface area (TPSA) is 62.4 Å². The number of anilines is 1. The van der Waals surface area contributed by atoms with Crippen molar-refractivity contribution in [3.05, 3.63) is 69.3 Å². The number of ether oxygens (including phenoxy) is 1. The van der Waals surface area contributed by atoms with Crippen LogP contribution in [0.3, 0.4) is 0 Å². The zero-order chi connectivity index (χ0) is 19.6. The van der Waals surface area contributed by atoms with Crippen LogP contribution in [-0.2, 0) is 4.79 Å². The SMILES string of the molecule is COc1ccccc1NC(=O)C1=C(C)NC(=S)NC1c1ccc(Cl)c(Cl)c1. The number of carbonyl (C=O) groups is 1. The molecule has 0 saturated carbocycles. The minimum atomic E-state index is -0.469. The molecule has 0 aromatic heterocycles. The van der Waals surface area contributed by atoms with E-state index in [9.17, 15) is 4.79 Å². The molecule has 3 N–H and O–H groups in total. The molecule has 1 heterocycles. The summed E-state index contributed by atoms with van der Waals surface area (Å²) in [4.78, 5) is 13.1. The minimum Gasteiger partial charge on any atom is -0.495 e. The molecule has 2 aromatic carbocycles. The summed E-state index contributed by atoms with van der Waals surface area (Å²) < 4.78 is 5.30. The summed E-state index contributed by atoms with van der Waals surface area (Å²) in [6, 6.07) is 12.0. The van der Waals surface area contributed by atoms with Gasteiger partial charge in [0.1, 0.15) is 5.75 Å². The number of para-hydroxylation sites is 2. The molecule has 0 aliphatic carbocycles. The Kier molecular flexibility index (Phi) is 5.89. The van der Waals surface area contributed by atoms with Crippen molar-refractivity contribution in [2.75, 3.05) is 12.4 Å². The van der Waals surface area contributed by atoms with Crippen LogP contribution in [0.25, 0.3) is 0 Å². The highest BCUT2D eigenvalue weighted by Crippen LogP contribution is 2.32. The summed E-state index contributed by atoms with van der Waals surface area (Å²) in [6.45, 7) is 1.80. The van der Waals surface area contributed by atoms with Gasteiger partial charge in [-0.3, -0.25) is 4.79 Å². The molecule has 0 fully saturated rings. The van der Waals surface area contributed by atoms with Gasteiger partial charge >= 0.3 is 0 Å². The average molecular weight is 422 g/mol. The highest BCUT2D eigenvalue weighted by atomic mass is 35.5. The van der Waals surface area contributed by atoms with Crippen LogP contribution in [0.5, 0.6) is 5.75 Å². The van der Waals surface area contributed by atoms with Gasteiger partial charge in [0, 0.05) is 5.70 Å². The Morgan fingerprint density at radius 2 is 1.93 bits per heavy atom. The lowest BCUT2D eigenvalue weighted by molar-refractivity contribution is -0.113. The van der Waals surface area contributed by atoms with Crippen molar-refractivity contribution >= 4 is 52.1 Å². The molecule has 0 spiro atoms. The quantitative estimate of drug-likeness (QED) is 0.637. The van der Waals surface area contributed by atoms with Crippen LogP contribution in [-0.4, -0.2) is 18.1 Å². The maximum Gasteiger partial charge on any atom is 0.255 e. The highest BCUT2D eigenvalue weighted by Gasteiger charge is 2.30. The first kappa shape index (κ1) is 19.5. The minimum absolute atomic E-state index is 0.282.